The molecule has 1 fully saturated rings. The number of hydrogen-bond acceptors (Lipinski definition) is 2. The van der Waals surface area contributed by atoms with Gasteiger partial charge in [-0.15, -0.1) is 0 Å². The highest BCUT2D eigenvalue weighted by Crippen LogP contribution is 2.19. The lowest BCUT2D eigenvalue weighted by Gasteiger charge is -2.26. The van der Waals surface area contributed by atoms with Crippen molar-refractivity contribution in [2.24, 2.45) is 0 Å². The van der Waals surface area contributed by atoms with Crippen LogP contribution >= 0.6 is 12.2 Å². The highest BCUT2D eigenvalue weighted by Gasteiger charge is 2.27. The van der Waals surface area contributed by atoms with Crippen LogP contribution in [0.1, 0.15) is 35.6 Å². The molecule has 3 N–H and O–H groups in total. The fraction of sp³-hybridized carbons (Fsp3) is 0.409. The van der Waals surface area contributed by atoms with E-state index >= 15 is 0 Å². The van der Waals surface area contributed by atoms with Gasteiger partial charge in [0, 0.05) is 24.1 Å². The number of methoxy groups -OCH3 is 1. The van der Waals surface area contributed by atoms with Crippen LogP contribution in [0.4, 0.5) is 5.69 Å². The molecule has 0 amide bonds. The molecule has 27 heavy (non-hydrogen) atoms. The van der Waals surface area contributed by atoms with Gasteiger partial charge in [-0.1, -0.05) is 12.1 Å². The number of quaternary nitrogens is 1. The van der Waals surface area contributed by atoms with E-state index in [0.717, 1.165) is 18.0 Å². The first-order valence-electron chi connectivity index (χ1n) is 9.68. The number of likely N-dealkylation sites (tertiary alicyclic amines) is 1. The monoisotopic (exact) mass is 384 g/mol. The maximum absolute atomic E-state index is 5.57. The Morgan fingerprint density at radius 2 is 1.81 bits per heavy atom. The summed E-state index contributed by atoms with van der Waals surface area (Å²) in [6, 6.07) is 15.1. The van der Waals surface area contributed by atoms with Gasteiger partial charge in [-0.3, -0.25) is 0 Å². The zero-order valence-corrected chi connectivity index (χ0v) is 17.3. The molecular weight excluding hydrogens is 354 g/mol. The number of aryl methyl sites for hydroxylation is 1. The number of benzene rings is 2. The van der Waals surface area contributed by atoms with E-state index in [1.54, 1.807) is 12.0 Å². The quantitative estimate of drug-likeness (QED) is 0.670. The molecule has 2 aromatic rings. The molecule has 3 rings (SSSR count). The number of ether oxygens (including phenoxy) is 1. The van der Waals surface area contributed by atoms with E-state index in [1.165, 1.54) is 42.6 Å². The minimum absolute atomic E-state index is 0.386. The summed E-state index contributed by atoms with van der Waals surface area (Å²) in [4.78, 5) is 1.63. The molecule has 144 valence electrons. The summed E-state index contributed by atoms with van der Waals surface area (Å²) in [6.07, 6.45) is 2.60. The van der Waals surface area contributed by atoms with Gasteiger partial charge in [0.25, 0.3) is 0 Å². The van der Waals surface area contributed by atoms with Crippen molar-refractivity contribution in [3.63, 3.8) is 0 Å². The number of rotatable bonds is 6. The third-order valence-electron chi connectivity index (χ3n) is 5.58. The first-order valence-corrected chi connectivity index (χ1v) is 10.1. The topological polar surface area (TPSA) is 37.7 Å². The van der Waals surface area contributed by atoms with Crippen LogP contribution in [0.2, 0.25) is 0 Å². The summed E-state index contributed by atoms with van der Waals surface area (Å²) in [5.41, 5.74) is 4.90. The van der Waals surface area contributed by atoms with Gasteiger partial charge >= 0.3 is 0 Å². The zero-order chi connectivity index (χ0) is 19.2. The van der Waals surface area contributed by atoms with Crippen LogP contribution in [-0.4, -0.2) is 31.9 Å². The Morgan fingerprint density at radius 3 is 2.48 bits per heavy atom. The van der Waals surface area contributed by atoms with Crippen molar-refractivity contribution in [2.45, 2.75) is 32.7 Å². The number of hydrogen-bond donors (Lipinski definition) is 3. The SMILES string of the molecule is COc1ccc([C@@H](CNC(=S)Nc2cccc(C)c2C)[NH+]2CCCC2)cc1. The summed E-state index contributed by atoms with van der Waals surface area (Å²) < 4.78 is 5.31. The molecule has 0 bridgehead atoms. The zero-order valence-electron chi connectivity index (χ0n) is 16.5. The molecule has 1 heterocycles. The second-order valence-electron chi connectivity index (χ2n) is 7.27. The van der Waals surface area contributed by atoms with Crippen LogP contribution in [0.15, 0.2) is 42.5 Å². The first-order chi connectivity index (χ1) is 13.1. The smallest absolute Gasteiger partial charge is 0.171 e. The van der Waals surface area contributed by atoms with Gasteiger partial charge in [0.2, 0.25) is 0 Å². The summed E-state index contributed by atoms with van der Waals surface area (Å²) in [5, 5.41) is 7.49. The Morgan fingerprint density at radius 1 is 1.11 bits per heavy atom. The Labute approximate surface area is 167 Å². The molecular formula is C22H30N3OS+. The van der Waals surface area contributed by atoms with Crippen molar-refractivity contribution in [1.29, 1.82) is 0 Å². The normalized spacial score (nSPS) is 15.4. The largest absolute Gasteiger partial charge is 0.497 e. The van der Waals surface area contributed by atoms with E-state index in [4.69, 9.17) is 17.0 Å². The third-order valence-corrected chi connectivity index (χ3v) is 5.82. The second kappa shape index (κ2) is 9.20. The molecule has 1 aliphatic heterocycles. The van der Waals surface area contributed by atoms with Gasteiger partial charge in [-0.05, 0) is 67.5 Å². The maximum Gasteiger partial charge on any atom is 0.171 e. The summed E-state index contributed by atoms with van der Waals surface area (Å²) in [5.74, 6) is 0.897. The molecule has 1 aliphatic rings. The third kappa shape index (κ3) is 4.99. The maximum atomic E-state index is 5.57. The highest BCUT2D eigenvalue weighted by molar-refractivity contribution is 7.80. The average molecular weight is 385 g/mol. The van der Waals surface area contributed by atoms with E-state index in [1.807, 2.05) is 12.1 Å². The number of nitrogens with one attached hydrogen (secondary N) is 3. The Kier molecular flexibility index (Phi) is 6.69. The number of anilines is 1. The summed E-state index contributed by atoms with van der Waals surface area (Å²) in [6.45, 7) is 7.49. The molecule has 0 spiro atoms. The van der Waals surface area contributed by atoms with Crippen LogP contribution in [0.25, 0.3) is 0 Å². The van der Waals surface area contributed by atoms with Crippen LogP contribution < -0.4 is 20.3 Å². The molecule has 5 heteroatoms. The lowest BCUT2D eigenvalue weighted by atomic mass is 10.1. The van der Waals surface area contributed by atoms with Crippen molar-refractivity contribution in [2.75, 3.05) is 32.1 Å². The van der Waals surface area contributed by atoms with Crippen molar-refractivity contribution in [3.8, 4) is 5.75 Å². The molecule has 0 radical (unpaired) electrons. The Hall–Kier alpha value is -2.11. The van der Waals surface area contributed by atoms with E-state index in [-0.39, 0.29) is 0 Å². The molecule has 0 saturated carbocycles. The van der Waals surface area contributed by atoms with Crippen LogP contribution in [0.3, 0.4) is 0 Å². The van der Waals surface area contributed by atoms with Gasteiger partial charge < -0.3 is 20.3 Å². The molecule has 4 nitrogen and oxygen atoms in total. The average Bonchev–Trinajstić information content (AvgIpc) is 3.20. The predicted octanol–water partition coefficient (Wildman–Crippen LogP) is 3.02. The van der Waals surface area contributed by atoms with Gasteiger partial charge in [0.1, 0.15) is 11.8 Å². The van der Waals surface area contributed by atoms with E-state index in [9.17, 15) is 0 Å². The molecule has 1 saturated heterocycles. The van der Waals surface area contributed by atoms with Crippen LogP contribution in [0, 0.1) is 13.8 Å². The van der Waals surface area contributed by atoms with E-state index < -0.39 is 0 Å². The fourth-order valence-electron chi connectivity index (χ4n) is 3.76. The fourth-order valence-corrected chi connectivity index (χ4v) is 3.95. The summed E-state index contributed by atoms with van der Waals surface area (Å²) in [7, 11) is 1.71. The number of thiocarbonyl (C=S) groups is 1. The standard InChI is InChI=1S/C22H29N3OS/c1-16-7-6-8-20(17(16)2)24-22(27)23-15-21(25-13-4-5-14-25)18-9-11-19(26-3)12-10-18/h6-12,21H,4-5,13-15H2,1-3H3,(H2,23,24,27)/p+1/t21-/m1/s1. The van der Waals surface area contributed by atoms with Crippen molar-refractivity contribution in [1.82, 2.24) is 5.32 Å². The summed E-state index contributed by atoms with van der Waals surface area (Å²) >= 11 is 5.57. The molecule has 0 aromatic heterocycles. The highest BCUT2D eigenvalue weighted by atomic mass is 32.1. The predicted molar refractivity (Wildman–Crippen MR) is 116 cm³/mol. The van der Waals surface area contributed by atoms with Gasteiger partial charge in [0.05, 0.1) is 26.7 Å². The second-order valence-corrected chi connectivity index (χ2v) is 7.68. The van der Waals surface area contributed by atoms with Crippen molar-refractivity contribution >= 4 is 23.0 Å². The lowest BCUT2D eigenvalue weighted by Crippen LogP contribution is -3.11. The van der Waals surface area contributed by atoms with Crippen LogP contribution in [0.5, 0.6) is 5.75 Å². The molecule has 0 unspecified atom stereocenters. The van der Waals surface area contributed by atoms with Crippen molar-refractivity contribution in [3.05, 3.63) is 59.2 Å². The van der Waals surface area contributed by atoms with E-state index in [2.05, 4.69) is 54.8 Å². The lowest BCUT2D eigenvalue weighted by molar-refractivity contribution is -0.918. The van der Waals surface area contributed by atoms with Gasteiger partial charge in [-0.25, -0.2) is 0 Å². The molecule has 2 aromatic carbocycles. The van der Waals surface area contributed by atoms with Gasteiger partial charge in [0.15, 0.2) is 5.11 Å². The van der Waals surface area contributed by atoms with E-state index in [0.29, 0.717) is 11.2 Å². The Balaban J connectivity index is 1.66. The minimum Gasteiger partial charge on any atom is -0.497 e. The molecule has 0 aliphatic carbocycles. The molecule has 1 atom stereocenters. The van der Waals surface area contributed by atoms with Crippen LogP contribution in [-0.2, 0) is 0 Å². The van der Waals surface area contributed by atoms with Gasteiger partial charge in [-0.2, -0.15) is 0 Å². The first kappa shape index (κ1) is 19.6. The van der Waals surface area contributed by atoms with Crippen molar-refractivity contribution < 1.29 is 9.64 Å². The minimum atomic E-state index is 0.386. The Bertz CT molecular complexity index is 770.